The first kappa shape index (κ1) is 13.9. The Morgan fingerprint density at radius 2 is 2.06 bits per heavy atom. The van der Waals surface area contributed by atoms with Crippen LogP contribution >= 0.6 is 35.0 Å². The fraction of sp³-hybridized carbons (Fsp3) is 0.455. The van der Waals surface area contributed by atoms with Gasteiger partial charge in [0.05, 0.1) is 5.56 Å². The van der Waals surface area contributed by atoms with E-state index in [0.29, 0.717) is 0 Å². The van der Waals surface area contributed by atoms with Crippen LogP contribution in [-0.2, 0) is 0 Å². The van der Waals surface area contributed by atoms with E-state index in [0.717, 1.165) is 30.4 Å². The zero-order valence-corrected chi connectivity index (χ0v) is 11.7. The first-order valence-corrected chi connectivity index (χ1v) is 7.39. The van der Waals surface area contributed by atoms with Crippen LogP contribution in [0.15, 0.2) is 6.07 Å². The topological polar surface area (TPSA) is 42.0 Å². The molecule has 0 unspecified atom stereocenters. The molecule has 0 aromatic carbocycles. The Labute approximate surface area is 118 Å². The first-order chi connectivity index (χ1) is 8.58. The molecule has 0 radical (unpaired) electrons. The number of aromatic nitrogens is 1. The maximum Gasteiger partial charge on any atom is 0.254 e. The van der Waals surface area contributed by atoms with Crippen LogP contribution in [0, 0.1) is 5.82 Å². The second-order valence-corrected chi connectivity index (χ2v) is 5.90. The molecule has 0 bridgehead atoms. The standard InChI is InChI=1S/C11H11Cl2FN2OS/c12-9-7(5-8(14)10(13)16-9)11(17)15-6-1-3-18-4-2-6/h5-6H,1-4H2,(H,15,17). The van der Waals surface area contributed by atoms with Gasteiger partial charge in [0.1, 0.15) is 5.15 Å². The summed E-state index contributed by atoms with van der Waals surface area (Å²) >= 11 is 13.1. The zero-order chi connectivity index (χ0) is 13.1. The number of thioether (sulfide) groups is 1. The molecule has 7 heteroatoms. The number of hydrogen-bond acceptors (Lipinski definition) is 3. The van der Waals surface area contributed by atoms with Gasteiger partial charge in [-0.15, -0.1) is 0 Å². The summed E-state index contributed by atoms with van der Waals surface area (Å²) in [5, 5.41) is 2.43. The second kappa shape index (κ2) is 6.08. The number of hydrogen-bond donors (Lipinski definition) is 1. The zero-order valence-electron chi connectivity index (χ0n) is 9.38. The molecule has 1 N–H and O–H groups in total. The Morgan fingerprint density at radius 3 is 2.72 bits per heavy atom. The molecule has 1 aromatic rings. The van der Waals surface area contributed by atoms with Gasteiger partial charge in [-0.1, -0.05) is 23.2 Å². The van der Waals surface area contributed by atoms with Crippen molar-refractivity contribution in [2.75, 3.05) is 11.5 Å². The maximum atomic E-state index is 13.3. The van der Waals surface area contributed by atoms with Crippen molar-refractivity contribution in [2.24, 2.45) is 0 Å². The number of amides is 1. The van der Waals surface area contributed by atoms with E-state index in [2.05, 4.69) is 10.3 Å². The predicted octanol–water partition coefficient (Wildman–Crippen LogP) is 3.15. The number of rotatable bonds is 2. The minimum atomic E-state index is -0.745. The molecule has 1 aliphatic heterocycles. The smallest absolute Gasteiger partial charge is 0.254 e. The summed E-state index contributed by atoms with van der Waals surface area (Å²) in [6.07, 6.45) is 1.83. The highest BCUT2D eigenvalue weighted by Gasteiger charge is 2.20. The van der Waals surface area contributed by atoms with Crippen LogP contribution in [0.25, 0.3) is 0 Å². The van der Waals surface area contributed by atoms with Crippen molar-refractivity contribution in [3.63, 3.8) is 0 Å². The summed E-state index contributed by atoms with van der Waals surface area (Å²) in [7, 11) is 0. The Bertz CT molecular complexity index is 467. The van der Waals surface area contributed by atoms with Gasteiger partial charge in [-0.25, -0.2) is 9.37 Å². The summed E-state index contributed by atoms with van der Waals surface area (Å²) in [5.74, 6) is 0.892. The lowest BCUT2D eigenvalue weighted by Gasteiger charge is -2.22. The number of halogens is 3. The Kier molecular flexibility index (Phi) is 4.70. The molecule has 98 valence electrons. The normalized spacial score (nSPS) is 16.6. The highest BCUT2D eigenvalue weighted by Crippen LogP contribution is 2.22. The van der Waals surface area contributed by atoms with Gasteiger partial charge in [0, 0.05) is 6.04 Å². The third-order valence-corrected chi connectivity index (χ3v) is 4.29. The van der Waals surface area contributed by atoms with E-state index in [9.17, 15) is 9.18 Å². The third kappa shape index (κ3) is 3.28. The Hall–Kier alpha value is -0.520. The van der Waals surface area contributed by atoms with Gasteiger partial charge in [0.25, 0.3) is 5.91 Å². The van der Waals surface area contributed by atoms with Crippen LogP contribution in [0.5, 0.6) is 0 Å². The minimum Gasteiger partial charge on any atom is -0.349 e. The lowest BCUT2D eigenvalue weighted by atomic mass is 10.1. The van der Waals surface area contributed by atoms with E-state index in [4.69, 9.17) is 23.2 Å². The predicted molar refractivity (Wildman–Crippen MR) is 72.0 cm³/mol. The molecule has 1 amide bonds. The van der Waals surface area contributed by atoms with Gasteiger partial charge in [-0.2, -0.15) is 11.8 Å². The number of carbonyl (C=O) groups is 1. The van der Waals surface area contributed by atoms with Crippen LogP contribution < -0.4 is 5.32 Å². The van der Waals surface area contributed by atoms with Gasteiger partial charge in [-0.05, 0) is 30.4 Å². The number of pyridine rings is 1. The number of carbonyl (C=O) groups excluding carboxylic acids is 1. The molecular weight excluding hydrogens is 298 g/mol. The van der Waals surface area contributed by atoms with E-state index in [1.165, 1.54) is 0 Å². The largest absolute Gasteiger partial charge is 0.349 e. The fourth-order valence-corrected chi connectivity index (χ4v) is 3.22. The van der Waals surface area contributed by atoms with Gasteiger partial charge < -0.3 is 5.32 Å². The molecule has 1 fully saturated rings. The summed E-state index contributed by atoms with van der Waals surface area (Å²) in [6.45, 7) is 0. The highest BCUT2D eigenvalue weighted by atomic mass is 35.5. The lowest BCUT2D eigenvalue weighted by molar-refractivity contribution is 0.0934. The molecular formula is C11H11Cl2FN2OS. The van der Waals surface area contributed by atoms with Crippen LogP contribution in [0.2, 0.25) is 10.3 Å². The summed E-state index contributed by atoms with van der Waals surface area (Å²) < 4.78 is 13.3. The average Bonchev–Trinajstić information content (AvgIpc) is 2.35. The van der Waals surface area contributed by atoms with Gasteiger partial charge in [-0.3, -0.25) is 4.79 Å². The monoisotopic (exact) mass is 308 g/mol. The molecule has 0 aliphatic carbocycles. The van der Waals surface area contributed by atoms with E-state index in [1.807, 2.05) is 11.8 Å². The minimum absolute atomic E-state index is 0.0248. The SMILES string of the molecule is O=C(NC1CCSCC1)c1cc(F)c(Cl)nc1Cl. The van der Waals surface area contributed by atoms with E-state index < -0.39 is 11.7 Å². The molecule has 18 heavy (non-hydrogen) atoms. The Morgan fingerprint density at radius 1 is 1.39 bits per heavy atom. The van der Waals surface area contributed by atoms with E-state index in [1.54, 1.807) is 0 Å². The van der Waals surface area contributed by atoms with Gasteiger partial charge in [0.2, 0.25) is 0 Å². The number of nitrogens with zero attached hydrogens (tertiary/aromatic N) is 1. The van der Waals surface area contributed by atoms with Crippen LogP contribution in [0.4, 0.5) is 4.39 Å². The van der Waals surface area contributed by atoms with Crippen molar-refractivity contribution in [1.29, 1.82) is 0 Å². The molecule has 0 atom stereocenters. The molecule has 2 rings (SSSR count). The summed E-state index contributed by atoms with van der Waals surface area (Å²) in [6, 6.07) is 1.14. The lowest BCUT2D eigenvalue weighted by Crippen LogP contribution is -2.37. The molecule has 3 nitrogen and oxygen atoms in total. The van der Waals surface area contributed by atoms with Gasteiger partial charge >= 0.3 is 0 Å². The molecule has 0 saturated carbocycles. The van der Waals surface area contributed by atoms with Crippen molar-refractivity contribution in [1.82, 2.24) is 10.3 Å². The Balaban J connectivity index is 2.10. The van der Waals surface area contributed by atoms with Crippen LogP contribution in [0.1, 0.15) is 23.2 Å². The molecule has 2 heterocycles. The van der Waals surface area contributed by atoms with Crippen molar-refractivity contribution >= 4 is 40.9 Å². The maximum absolute atomic E-state index is 13.3. The first-order valence-electron chi connectivity index (χ1n) is 5.48. The molecule has 1 saturated heterocycles. The summed E-state index contributed by atoms with van der Waals surface area (Å²) in [5.41, 5.74) is 0.0248. The van der Waals surface area contributed by atoms with Crippen molar-refractivity contribution in [2.45, 2.75) is 18.9 Å². The van der Waals surface area contributed by atoms with E-state index >= 15 is 0 Å². The quantitative estimate of drug-likeness (QED) is 0.853. The molecule has 1 aromatic heterocycles. The van der Waals surface area contributed by atoms with E-state index in [-0.39, 0.29) is 21.9 Å². The molecule has 0 spiro atoms. The number of nitrogens with one attached hydrogen (secondary N) is 1. The average molecular weight is 309 g/mol. The third-order valence-electron chi connectivity index (χ3n) is 2.69. The van der Waals surface area contributed by atoms with Crippen molar-refractivity contribution in [3.8, 4) is 0 Å². The van der Waals surface area contributed by atoms with Crippen molar-refractivity contribution in [3.05, 3.63) is 27.8 Å². The van der Waals surface area contributed by atoms with Gasteiger partial charge in [0.15, 0.2) is 11.0 Å². The van der Waals surface area contributed by atoms with Crippen LogP contribution in [-0.4, -0.2) is 28.4 Å². The fourth-order valence-electron chi connectivity index (χ4n) is 1.71. The molecule has 1 aliphatic rings. The second-order valence-electron chi connectivity index (χ2n) is 3.96. The van der Waals surface area contributed by atoms with Crippen LogP contribution in [0.3, 0.4) is 0 Å². The summed E-state index contributed by atoms with van der Waals surface area (Å²) in [4.78, 5) is 15.5. The highest BCUT2D eigenvalue weighted by molar-refractivity contribution is 7.99. The van der Waals surface area contributed by atoms with Crippen molar-refractivity contribution < 1.29 is 9.18 Å².